The van der Waals surface area contributed by atoms with Crippen LogP contribution in [0.25, 0.3) is 0 Å². The number of ether oxygens (including phenoxy) is 3. The third-order valence-corrected chi connectivity index (χ3v) is 19.4. The SMILES string of the molecule is C/C=C/C[C@@H](C)[C@@H](OC(C)=O)[C@@H](C(=O)N[C@@H](CC)C(=O)O)N(C)C(=O)[C@H](C(C)C)N(C)C(=O)[C@H](CC(C)C)N(C)C(=O)[C@H](CC(C)C)N(C)C(=O)[C@@H](C)CC(=O)[C@H](C)CC(=O)[C@H](CC(C)C)N(C)C(=O)[C@@H](NC(=O)[C@@H](CC(=O)[C@@H](CCCN(C)C(=O)OCc1ccccc1)NC)[C@H](C)COC)C(C)C. The van der Waals surface area contributed by atoms with Gasteiger partial charge < -0.3 is 64.7 Å². The first-order valence-electron chi connectivity index (χ1n) is 37.1. The number of hydrogen-bond acceptors (Lipinski definition) is 17. The molecule has 1 aromatic carbocycles. The number of ketones is 3. The molecule has 0 bridgehead atoms. The highest BCUT2D eigenvalue weighted by molar-refractivity contribution is 5.99. The fourth-order valence-corrected chi connectivity index (χ4v) is 13.0. The lowest BCUT2D eigenvalue weighted by Crippen LogP contribution is -2.63. The normalized spacial score (nSPS) is 15.8. The van der Waals surface area contributed by atoms with Gasteiger partial charge in [0.25, 0.3) is 0 Å². The van der Waals surface area contributed by atoms with Crippen molar-refractivity contribution in [2.75, 3.05) is 69.6 Å². The number of carboxylic acids is 1. The maximum atomic E-state index is 15.2. The van der Waals surface area contributed by atoms with Gasteiger partial charge in [0.2, 0.25) is 41.4 Å². The highest BCUT2D eigenvalue weighted by Gasteiger charge is 2.47. The Hall–Kier alpha value is -7.61. The number of carbonyl (C=O) groups is 13. The van der Waals surface area contributed by atoms with E-state index in [4.69, 9.17) is 14.2 Å². The molecule has 0 heterocycles. The van der Waals surface area contributed by atoms with Crippen LogP contribution < -0.4 is 16.0 Å². The minimum atomic E-state index is -1.56. The molecule has 26 nitrogen and oxygen atoms in total. The van der Waals surface area contributed by atoms with Crippen LogP contribution in [-0.4, -0.2) is 235 Å². The Bertz CT molecular complexity index is 2990. The summed E-state index contributed by atoms with van der Waals surface area (Å²) >= 11 is 0. The van der Waals surface area contributed by atoms with E-state index in [1.165, 1.54) is 66.8 Å². The molecule has 0 spiro atoms. The van der Waals surface area contributed by atoms with Crippen molar-refractivity contribution >= 4 is 76.7 Å². The fourth-order valence-electron chi connectivity index (χ4n) is 13.0. The van der Waals surface area contributed by atoms with Crippen molar-refractivity contribution in [2.24, 2.45) is 59.2 Å². The van der Waals surface area contributed by atoms with Gasteiger partial charge in [-0.15, -0.1) is 0 Å². The first-order chi connectivity index (χ1) is 48.5. The van der Waals surface area contributed by atoms with Crippen LogP contribution in [0.3, 0.4) is 0 Å². The quantitative estimate of drug-likeness (QED) is 0.0352. The molecule has 0 aliphatic carbocycles. The van der Waals surface area contributed by atoms with E-state index >= 15 is 14.4 Å². The van der Waals surface area contributed by atoms with Gasteiger partial charge in [-0.3, -0.25) is 52.7 Å². The second kappa shape index (κ2) is 46.4. The monoisotopic (exact) mass is 1470 g/mol. The summed E-state index contributed by atoms with van der Waals surface area (Å²) in [5.41, 5.74) is 0.848. The van der Waals surface area contributed by atoms with E-state index in [1.807, 2.05) is 71.9 Å². The molecule has 590 valence electrons. The van der Waals surface area contributed by atoms with Crippen LogP contribution >= 0.6 is 0 Å². The Kier molecular flexibility index (Phi) is 42.1. The summed E-state index contributed by atoms with van der Waals surface area (Å²) in [6.45, 7) is 29.9. The van der Waals surface area contributed by atoms with E-state index in [0.717, 1.165) is 17.4 Å². The summed E-state index contributed by atoms with van der Waals surface area (Å²) in [5, 5.41) is 18.4. The van der Waals surface area contributed by atoms with Crippen LogP contribution in [0.1, 0.15) is 187 Å². The van der Waals surface area contributed by atoms with Crippen LogP contribution in [0, 0.1) is 59.2 Å². The number of nitrogens with one attached hydrogen (secondary N) is 3. The molecule has 1 rings (SSSR count). The molecule has 0 aliphatic heterocycles. The van der Waals surface area contributed by atoms with E-state index in [2.05, 4.69) is 16.0 Å². The molecule has 104 heavy (non-hydrogen) atoms. The standard InChI is InChI=1S/C78H131N9O17/c1-26-28-33-51(13)69(104-55(17)88)68(71(93)80-58(27-2)77(99)100)87(24)76(98)67(50(11)12)86(23)74(96)62(40-48(7)8)85(22)73(95)61(39-47(5)6)84(21)72(94)53(15)42-63(89)52(14)41-65(91)60(38-46(3)4)83(20)75(97)66(49(9)10)81-70(92)57(54(16)44-102-25)43-64(90)59(79-18)36-32-37-82(19)78(101)103-45-56-34-30-29-31-35-56/h26,28-31,34-35,46-54,57-62,66-69,79H,27,32-33,36-45H2,1-25H3,(H,80,93)(H,81,92)(H,99,100)/b28-26+/t51-,52-,53+,54-,57+,58+,59-,60+,61+,62+,66+,67+,68+,69-/m1/s1. The fraction of sp³-hybridized carbons (Fsp3) is 0.731. The van der Waals surface area contributed by atoms with Crippen molar-refractivity contribution < 1.29 is 81.6 Å². The van der Waals surface area contributed by atoms with Gasteiger partial charge in [-0.2, -0.15) is 0 Å². The van der Waals surface area contributed by atoms with Gasteiger partial charge in [0.1, 0.15) is 54.7 Å². The van der Waals surface area contributed by atoms with E-state index in [0.29, 0.717) is 25.8 Å². The van der Waals surface area contributed by atoms with E-state index < -0.39 is 167 Å². The number of likely N-dealkylation sites (N-methyl/N-ethyl adjacent to an activating group) is 6. The number of aliphatic carboxylic acids is 1. The molecule has 26 heteroatoms. The Labute approximate surface area is 620 Å². The van der Waals surface area contributed by atoms with E-state index in [-0.39, 0.29) is 81.7 Å². The molecule has 4 N–H and O–H groups in total. The molecule has 0 fully saturated rings. The zero-order valence-electron chi connectivity index (χ0n) is 67.4. The number of methoxy groups -OCH3 is 1. The Morgan fingerprint density at radius 3 is 1.55 bits per heavy atom. The van der Waals surface area contributed by atoms with Gasteiger partial charge >= 0.3 is 18.0 Å². The van der Waals surface area contributed by atoms with Crippen LogP contribution in [0.5, 0.6) is 0 Å². The first-order valence-corrected chi connectivity index (χ1v) is 37.1. The molecule has 0 aromatic heterocycles. The van der Waals surface area contributed by atoms with Gasteiger partial charge in [-0.1, -0.05) is 146 Å². The van der Waals surface area contributed by atoms with Gasteiger partial charge in [-0.05, 0) is 106 Å². The average Bonchev–Trinajstić information content (AvgIpc) is 0.798. The second-order valence-electron chi connectivity index (χ2n) is 30.5. The summed E-state index contributed by atoms with van der Waals surface area (Å²) < 4.78 is 16.7. The lowest BCUT2D eigenvalue weighted by atomic mass is 9.85. The largest absolute Gasteiger partial charge is 0.480 e. The second-order valence-corrected chi connectivity index (χ2v) is 30.5. The average molecular weight is 1470 g/mol. The number of carboxylic acid groups (broad SMARTS) is 1. The Morgan fingerprint density at radius 1 is 0.558 bits per heavy atom. The summed E-state index contributed by atoms with van der Waals surface area (Å²) in [7, 11) is 11.9. The van der Waals surface area contributed by atoms with Gasteiger partial charge in [0.05, 0.1) is 12.1 Å². The maximum Gasteiger partial charge on any atom is 0.409 e. The summed E-state index contributed by atoms with van der Waals surface area (Å²) in [6, 6.07) is -0.00983. The zero-order chi connectivity index (χ0) is 79.9. The van der Waals surface area contributed by atoms with Gasteiger partial charge in [-0.25, -0.2) is 9.59 Å². The van der Waals surface area contributed by atoms with Crippen molar-refractivity contribution in [2.45, 2.75) is 243 Å². The first kappa shape index (κ1) is 94.4. The minimum absolute atomic E-state index is 0.00119. The molecule has 8 amide bonds. The predicted octanol–water partition coefficient (Wildman–Crippen LogP) is 8.26. The van der Waals surface area contributed by atoms with Gasteiger partial charge in [0, 0.05) is 106 Å². The molecule has 14 atom stereocenters. The molecule has 0 unspecified atom stereocenters. The van der Waals surface area contributed by atoms with Crippen LogP contribution in [0.15, 0.2) is 42.5 Å². The molecule has 0 saturated heterocycles. The number of rotatable bonds is 48. The zero-order valence-corrected chi connectivity index (χ0v) is 67.4. The lowest BCUT2D eigenvalue weighted by molar-refractivity contribution is -0.164. The topological polar surface area (TPSA) is 325 Å². The van der Waals surface area contributed by atoms with Crippen LogP contribution in [0.4, 0.5) is 4.79 Å². The number of Topliss-reactive ketones (excluding diaryl/α,β-unsaturated/α-hetero) is 3. The number of hydrogen-bond donors (Lipinski definition) is 4. The smallest absolute Gasteiger partial charge is 0.409 e. The highest BCUT2D eigenvalue weighted by Crippen LogP contribution is 2.29. The molecule has 0 aliphatic rings. The van der Waals surface area contributed by atoms with Crippen molar-refractivity contribution in [3.8, 4) is 0 Å². The summed E-state index contributed by atoms with van der Waals surface area (Å²) in [5.74, 6) is -13.0. The molecular formula is C78H131N9O17. The minimum Gasteiger partial charge on any atom is -0.480 e. The third-order valence-electron chi connectivity index (χ3n) is 19.4. The van der Waals surface area contributed by atoms with Crippen molar-refractivity contribution in [1.29, 1.82) is 0 Å². The lowest BCUT2D eigenvalue weighted by Gasteiger charge is -2.42. The number of carbonyl (C=O) groups excluding carboxylic acids is 12. The van der Waals surface area contributed by atoms with Crippen molar-refractivity contribution in [1.82, 2.24) is 45.3 Å². The summed E-state index contributed by atoms with van der Waals surface area (Å²) in [6.07, 6.45) is 2.67. The highest BCUT2D eigenvalue weighted by atomic mass is 16.6. The number of nitrogens with zero attached hydrogens (tertiary/aromatic N) is 6. The number of amides is 8. The summed E-state index contributed by atoms with van der Waals surface area (Å²) in [4.78, 5) is 192. The number of esters is 1. The van der Waals surface area contributed by atoms with Crippen LogP contribution in [0.2, 0.25) is 0 Å². The van der Waals surface area contributed by atoms with E-state index in [1.54, 1.807) is 95.5 Å². The molecular weight excluding hydrogens is 1330 g/mol. The maximum absolute atomic E-state index is 15.2. The number of benzene rings is 1. The van der Waals surface area contributed by atoms with Gasteiger partial charge in [0.15, 0.2) is 11.6 Å². The van der Waals surface area contributed by atoms with Crippen LogP contribution in [-0.2, 0) is 78.4 Å². The molecule has 0 saturated carbocycles. The number of allylic oxidation sites excluding steroid dienone is 2. The Morgan fingerprint density at radius 2 is 1.07 bits per heavy atom. The predicted molar refractivity (Wildman–Crippen MR) is 400 cm³/mol. The van der Waals surface area contributed by atoms with Crippen molar-refractivity contribution in [3.05, 3.63) is 48.0 Å². The third kappa shape index (κ3) is 29.7. The van der Waals surface area contributed by atoms with Crippen molar-refractivity contribution in [3.63, 3.8) is 0 Å². The van der Waals surface area contributed by atoms with E-state index in [9.17, 15) is 53.1 Å². The molecule has 0 radical (unpaired) electrons. The molecule has 1 aromatic rings. The Balaban J connectivity index is 3.52.